The maximum Gasteiger partial charge on any atom is 0.370 e. The normalized spacial score (nSPS) is 13.3. The summed E-state index contributed by atoms with van der Waals surface area (Å²) in [7, 11) is 7.35. The number of ether oxygens (including phenoxy) is 4. The number of amides is 4. The van der Waals surface area contributed by atoms with Crippen LogP contribution >= 0.6 is 0 Å². The van der Waals surface area contributed by atoms with Crippen LogP contribution in [0.25, 0.3) is 0 Å². The van der Waals surface area contributed by atoms with Crippen LogP contribution in [0.15, 0.2) is 0 Å². The molecule has 0 spiro atoms. The predicted molar refractivity (Wildman–Crippen MR) is 114 cm³/mol. The highest BCUT2D eigenvalue weighted by molar-refractivity contribution is 6.01. The Hall–Kier alpha value is -4.04. The van der Waals surface area contributed by atoms with Gasteiger partial charge < -0.3 is 39.1 Å². The molecule has 0 aromatic rings. The Balaban J connectivity index is -0.000000502. The molecule has 2 N–H and O–H groups in total. The average Bonchev–Trinajstić information content (AvgIpc) is 3.39. The fraction of sp³-hybridized carbons (Fsp3) is 0.500. The summed E-state index contributed by atoms with van der Waals surface area (Å²) in [6.07, 6.45) is 0.299. The van der Waals surface area contributed by atoms with Crippen molar-refractivity contribution in [3.63, 3.8) is 0 Å². The Bertz CT molecular complexity index is 797. The van der Waals surface area contributed by atoms with Crippen LogP contribution in [-0.4, -0.2) is 109 Å². The molecule has 0 bridgehead atoms. The highest BCUT2D eigenvalue weighted by Gasteiger charge is 2.33. The van der Waals surface area contributed by atoms with Crippen molar-refractivity contribution in [3.05, 3.63) is 14.2 Å². The van der Waals surface area contributed by atoms with Gasteiger partial charge in [-0.15, -0.1) is 5.06 Å². The van der Waals surface area contributed by atoms with Gasteiger partial charge in [0, 0.05) is 25.7 Å². The van der Waals surface area contributed by atoms with Gasteiger partial charge in [0.1, 0.15) is 13.2 Å². The zero-order valence-electron chi connectivity index (χ0n) is 21.0. The number of hydroxylamine groups is 4. The van der Waals surface area contributed by atoms with Crippen molar-refractivity contribution in [1.82, 2.24) is 10.1 Å². The van der Waals surface area contributed by atoms with Crippen molar-refractivity contribution in [3.8, 4) is 0 Å². The van der Waals surface area contributed by atoms with E-state index in [-0.39, 0.29) is 37.4 Å². The average molecular weight is 568 g/mol. The van der Waals surface area contributed by atoms with Crippen molar-refractivity contribution in [2.24, 2.45) is 0 Å². The molecule has 19 heteroatoms. The standard InChI is InChI=1S/C9H10NO7.C5H7O5.C4H5NO3.2CH3O/c1-15-4-8(13)16-5-9(14)17-10-6(11)2-3-7(10)12;1-9-3-5(8)10-2-4(6)7;6-3-1-2-4(7)5(3)8;2*1-2/h1-5H2;1-3H2,(H,6,7);8H,1-2H2;2*1H3/q2*-1;;2*-1. The fourth-order valence-corrected chi connectivity index (χ4v) is 1.88. The van der Waals surface area contributed by atoms with Crippen LogP contribution in [0, 0.1) is 14.2 Å². The van der Waals surface area contributed by atoms with E-state index in [1.54, 1.807) is 0 Å². The first-order valence-corrected chi connectivity index (χ1v) is 10.1. The monoisotopic (exact) mass is 568 g/mol. The molecule has 224 valence electrons. The van der Waals surface area contributed by atoms with Gasteiger partial charge in [0.15, 0.2) is 13.2 Å². The number of carboxylic acids is 1. The lowest BCUT2D eigenvalue weighted by atomic mass is 10.4. The summed E-state index contributed by atoms with van der Waals surface area (Å²) in [5, 5.41) is 33.4. The van der Waals surface area contributed by atoms with Crippen LogP contribution in [0.1, 0.15) is 25.7 Å². The van der Waals surface area contributed by atoms with Gasteiger partial charge in [-0.2, -0.15) is 19.3 Å². The molecule has 0 aliphatic carbocycles. The molecule has 2 heterocycles. The first kappa shape index (κ1) is 39.5. The number of carbonyl (C=O) groups excluding carboxylic acids is 7. The zero-order valence-corrected chi connectivity index (χ0v) is 21.0. The Morgan fingerprint density at radius 1 is 0.692 bits per heavy atom. The number of imide groups is 2. The Morgan fingerprint density at radius 3 is 1.36 bits per heavy atom. The number of carboxylic acid groups (broad SMARTS) is 1. The third-order valence-electron chi connectivity index (χ3n) is 3.37. The number of aliphatic carboxylic acids is 1. The molecule has 2 rings (SSSR count). The SMILES string of the molecule is C[O-].C[O-].O=C1CCC(=O)N1O.[CH2-]OCC(=O)OCC(=O)O.[CH2-]OCC(=O)OCC(=O)ON1C(=O)CCC1=O. The predicted octanol–water partition coefficient (Wildman–Crippen LogP) is -4.16. The molecule has 2 fully saturated rings. The maximum atomic E-state index is 11.1. The third-order valence-corrected chi connectivity index (χ3v) is 3.37. The van der Waals surface area contributed by atoms with Crippen molar-refractivity contribution in [2.45, 2.75) is 25.7 Å². The molecule has 2 aliphatic heterocycles. The van der Waals surface area contributed by atoms with E-state index in [0.29, 0.717) is 5.06 Å². The smallest absolute Gasteiger partial charge is 0.370 e. The van der Waals surface area contributed by atoms with Crippen LogP contribution in [0.3, 0.4) is 0 Å². The zero-order chi connectivity index (χ0) is 31.0. The van der Waals surface area contributed by atoms with Gasteiger partial charge in [0.2, 0.25) is 0 Å². The largest absolute Gasteiger partial charge is 0.857 e. The van der Waals surface area contributed by atoms with Gasteiger partial charge in [-0.1, -0.05) is 0 Å². The van der Waals surface area contributed by atoms with E-state index in [1.165, 1.54) is 0 Å². The van der Waals surface area contributed by atoms with Crippen LogP contribution in [0.2, 0.25) is 0 Å². The molecule has 39 heavy (non-hydrogen) atoms. The lowest BCUT2D eigenvalue weighted by Gasteiger charge is -2.12. The van der Waals surface area contributed by atoms with Crippen molar-refractivity contribution < 1.29 is 82.7 Å². The fourth-order valence-electron chi connectivity index (χ4n) is 1.88. The number of hydrogen-bond acceptors (Lipinski definition) is 16. The van der Waals surface area contributed by atoms with Crippen molar-refractivity contribution >= 4 is 47.5 Å². The van der Waals surface area contributed by atoms with E-state index in [2.05, 4.69) is 38.0 Å². The first-order chi connectivity index (χ1) is 18.4. The summed E-state index contributed by atoms with van der Waals surface area (Å²) in [4.78, 5) is 88.9. The highest BCUT2D eigenvalue weighted by atomic mass is 16.7. The molecule has 0 unspecified atom stereocenters. The Labute approximate surface area is 221 Å². The molecule has 0 aromatic heterocycles. The van der Waals surface area contributed by atoms with Crippen LogP contribution in [-0.2, 0) is 62.1 Å². The third kappa shape index (κ3) is 19.7. The minimum atomic E-state index is -1.20. The Kier molecular flexibility index (Phi) is 24.6. The van der Waals surface area contributed by atoms with Crippen molar-refractivity contribution in [1.29, 1.82) is 0 Å². The number of esters is 2. The Morgan fingerprint density at radius 2 is 1.05 bits per heavy atom. The number of carbonyl (C=O) groups is 8. The van der Waals surface area contributed by atoms with E-state index >= 15 is 0 Å². The second-order valence-electron chi connectivity index (χ2n) is 6.06. The molecule has 0 radical (unpaired) electrons. The van der Waals surface area contributed by atoms with Gasteiger partial charge in [-0.05, 0) is 0 Å². The van der Waals surface area contributed by atoms with Crippen molar-refractivity contribution in [2.75, 3.05) is 40.6 Å². The summed E-state index contributed by atoms with van der Waals surface area (Å²) < 4.78 is 16.9. The molecule has 0 atom stereocenters. The van der Waals surface area contributed by atoms with Gasteiger partial charge in [0.25, 0.3) is 23.6 Å². The molecule has 0 aromatic carbocycles. The molecule has 0 saturated carbocycles. The van der Waals surface area contributed by atoms with Gasteiger partial charge >= 0.3 is 23.9 Å². The summed E-state index contributed by atoms with van der Waals surface area (Å²) >= 11 is 0. The second kappa shape index (κ2) is 24.3. The van der Waals surface area contributed by atoms with Gasteiger partial charge in [-0.25, -0.2) is 33.4 Å². The second-order valence-corrected chi connectivity index (χ2v) is 6.06. The van der Waals surface area contributed by atoms with E-state index < -0.39 is 67.3 Å². The molecule has 2 saturated heterocycles. The molecular formula is C20H28N2O17-4. The number of rotatable bonds is 9. The van der Waals surface area contributed by atoms with Crippen LogP contribution in [0.4, 0.5) is 0 Å². The molecule has 19 nitrogen and oxygen atoms in total. The number of nitrogens with zero attached hydrogens (tertiary/aromatic N) is 2. The first-order valence-electron chi connectivity index (χ1n) is 10.1. The quantitative estimate of drug-likeness (QED) is 0.115. The van der Waals surface area contributed by atoms with E-state index in [9.17, 15) is 38.4 Å². The topological polar surface area (TPSA) is 276 Å². The lowest BCUT2D eigenvalue weighted by molar-refractivity contribution is -0.325. The summed E-state index contributed by atoms with van der Waals surface area (Å²) in [6.45, 7) is -2.08. The maximum absolute atomic E-state index is 11.1. The minimum absolute atomic E-state index is 0.00124. The summed E-state index contributed by atoms with van der Waals surface area (Å²) in [5.41, 5.74) is 0. The van der Waals surface area contributed by atoms with Gasteiger partial charge in [-0.3, -0.25) is 24.4 Å². The van der Waals surface area contributed by atoms with E-state index in [4.69, 9.17) is 20.5 Å². The van der Waals surface area contributed by atoms with Crippen LogP contribution < -0.4 is 10.2 Å². The molecule has 2 aliphatic rings. The molecule has 4 amide bonds. The van der Waals surface area contributed by atoms with E-state index in [0.717, 1.165) is 14.2 Å². The van der Waals surface area contributed by atoms with Crippen LogP contribution in [0.5, 0.6) is 0 Å². The highest BCUT2D eigenvalue weighted by Crippen LogP contribution is 2.12. The molecular weight excluding hydrogens is 540 g/mol. The lowest BCUT2D eigenvalue weighted by Crippen LogP contribution is -2.34. The summed E-state index contributed by atoms with van der Waals surface area (Å²) in [5.74, 6) is -5.98. The summed E-state index contributed by atoms with van der Waals surface area (Å²) in [6, 6.07) is 0. The minimum Gasteiger partial charge on any atom is -0.857 e. The van der Waals surface area contributed by atoms with Gasteiger partial charge in [0.05, 0.1) is 0 Å². The van der Waals surface area contributed by atoms with E-state index in [1.807, 2.05) is 0 Å². The number of hydrogen-bond donors (Lipinski definition) is 2.